The summed E-state index contributed by atoms with van der Waals surface area (Å²) in [5.74, 6) is 1.18. The standard InChI is InChI=1S/C25H26N2O6S/c1-17-9-11-19(34(29,30)27(2)21-7-4-5-8-22(21)31-3)16-20(17)25(28)26-18-10-12-23-24(15-18)33-14-6-13-32-23/h4-5,7-12,15-16H,6,13-14H2,1-3H3,(H,26,28). The Labute approximate surface area is 199 Å². The number of sulfonamides is 1. The van der Waals surface area contributed by atoms with E-state index in [9.17, 15) is 13.2 Å². The molecule has 1 heterocycles. The molecule has 0 aromatic heterocycles. The number of benzene rings is 3. The molecule has 0 atom stereocenters. The third-order valence-corrected chi connectivity index (χ3v) is 7.31. The summed E-state index contributed by atoms with van der Waals surface area (Å²) in [5.41, 5.74) is 1.81. The number of methoxy groups -OCH3 is 1. The molecular weight excluding hydrogens is 456 g/mol. The molecule has 34 heavy (non-hydrogen) atoms. The highest BCUT2D eigenvalue weighted by Crippen LogP contribution is 2.33. The minimum absolute atomic E-state index is 0.00434. The van der Waals surface area contributed by atoms with Gasteiger partial charge in [0.2, 0.25) is 0 Å². The van der Waals surface area contributed by atoms with E-state index in [0.717, 1.165) is 10.7 Å². The van der Waals surface area contributed by atoms with Crippen molar-refractivity contribution in [3.8, 4) is 17.2 Å². The molecule has 3 aromatic rings. The Kier molecular flexibility index (Phi) is 6.65. The molecule has 0 bridgehead atoms. The number of para-hydroxylation sites is 2. The fourth-order valence-corrected chi connectivity index (χ4v) is 4.86. The van der Waals surface area contributed by atoms with Crippen molar-refractivity contribution in [2.24, 2.45) is 0 Å². The van der Waals surface area contributed by atoms with Crippen LogP contribution in [0.25, 0.3) is 0 Å². The topological polar surface area (TPSA) is 94.2 Å². The van der Waals surface area contributed by atoms with Crippen LogP contribution in [0.15, 0.2) is 65.6 Å². The van der Waals surface area contributed by atoms with E-state index in [-0.39, 0.29) is 10.5 Å². The molecule has 178 valence electrons. The molecule has 1 aliphatic heterocycles. The largest absolute Gasteiger partial charge is 0.495 e. The number of nitrogens with one attached hydrogen (secondary N) is 1. The van der Waals surface area contributed by atoms with Crippen molar-refractivity contribution in [2.75, 3.05) is 37.0 Å². The zero-order chi connectivity index (χ0) is 24.3. The van der Waals surface area contributed by atoms with Crippen LogP contribution >= 0.6 is 0 Å². The predicted molar refractivity (Wildman–Crippen MR) is 130 cm³/mol. The Morgan fingerprint density at radius 3 is 2.50 bits per heavy atom. The highest BCUT2D eigenvalue weighted by Gasteiger charge is 2.25. The number of carbonyl (C=O) groups is 1. The number of anilines is 2. The average molecular weight is 483 g/mol. The van der Waals surface area contributed by atoms with E-state index < -0.39 is 15.9 Å². The zero-order valence-electron chi connectivity index (χ0n) is 19.2. The lowest BCUT2D eigenvalue weighted by atomic mass is 10.1. The second kappa shape index (κ2) is 9.64. The van der Waals surface area contributed by atoms with Crippen molar-refractivity contribution in [1.29, 1.82) is 0 Å². The van der Waals surface area contributed by atoms with Gasteiger partial charge in [-0.3, -0.25) is 9.10 Å². The second-order valence-corrected chi connectivity index (χ2v) is 9.76. The molecule has 1 N–H and O–H groups in total. The molecule has 0 unspecified atom stereocenters. The van der Waals surface area contributed by atoms with E-state index in [2.05, 4.69) is 5.32 Å². The minimum Gasteiger partial charge on any atom is -0.495 e. The van der Waals surface area contributed by atoms with Crippen LogP contribution in [0.5, 0.6) is 17.2 Å². The summed E-state index contributed by atoms with van der Waals surface area (Å²) in [4.78, 5) is 13.1. The number of rotatable bonds is 6. The molecule has 1 amide bonds. The number of hydrogen-bond acceptors (Lipinski definition) is 6. The zero-order valence-corrected chi connectivity index (χ0v) is 20.0. The van der Waals surface area contributed by atoms with E-state index in [1.807, 2.05) is 0 Å². The average Bonchev–Trinajstić information content (AvgIpc) is 3.08. The Bertz CT molecular complexity index is 1320. The van der Waals surface area contributed by atoms with Crippen LogP contribution in [0.4, 0.5) is 11.4 Å². The van der Waals surface area contributed by atoms with E-state index in [0.29, 0.717) is 47.4 Å². The van der Waals surface area contributed by atoms with Gasteiger partial charge in [-0.1, -0.05) is 18.2 Å². The lowest BCUT2D eigenvalue weighted by Crippen LogP contribution is -2.27. The van der Waals surface area contributed by atoms with E-state index >= 15 is 0 Å². The van der Waals surface area contributed by atoms with Crippen molar-refractivity contribution in [3.63, 3.8) is 0 Å². The van der Waals surface area contributed by atoms with Gasteiger partial charge in [0.05, 0.1) is 30.9 Å². The number of nitrogens with zero attached hydrogens (tertiary/aromatic N) is 1. The van der Waals surface area contributed by atoms with Crippen LogP contribution in [0.2, 0.25) is 0 Å². The van der Waals surface area contributed by atoms with Crippen LogP contribution < -0.4 is 23.8 Å². The molecule has 0 radical (unpaired) electrons. The maximum atomic E-state index is 13.3. The van der Waals surface area contributed by atoms with E-state index in [1.165, 1.54) is 26.3 Å². The third-order valence-electron chi connectivity index (χ3n) is 5.54. The van der Waals surface area contributed by atoms with Crippen molar-refractivity contribution in [1.82, 2.24) is 0 Å². The first-order valence-electron chi connectivity index (χ1n) is 10.7. The van der Waals surface area contributed by atoms with Gasteiger partial charge in [0.15, 0.2) is 11.5 Å². The van der Waals surface area contributed by atoms with Crippen LogP contribution in [0.1, 0.15) is 22.3 Å². The molecular formula is C25H26N2O6S. The summed E-state index contributed by atoms with van der Waals surface area (Å²) in [7, 11) is -1.02. The maximum absolute atomic E-state index is 13.3. The lowest BCUT2D eigenvalue weighted by Gasteiger charge is -2.22. The highest BCUT2D eigenvalue weighted by molar-refractivity contribution is 7.92. The number of ether oxygens (including phenoxy) is 3. The first kappa shape index (κ1) is 23.4. The molecule has 0 saturated carbocycles. The molecule has 0 aliphatic carbocycles. The van der Waals surface area contributed by atoms with Gasteiger partial charge in [0.1, 0.15) is 5.75 Å². The Morgan fingerprint density at radius 1 is 1.00 bits per heavy atom. The Morgan fingerprint density at radius 2 is 1.74 bits per heavy atom. The summed E-state index contributed by atoms with van der Waals surface area (Å²) in [5, 5.41) is 2.82. The Hall–Kier alpha value is -3.72. The molecule has 0 saturated heterocycles. The third kappa shape index (κ3) is 4.65. The number of aryl methyl sites for hydroxylation is 1. The quantitative estimate of drug-likeness (QED) is 0.565. The molecule has 4 rings (SSSR count). The molecule has 3 aromatic carbocycles. The van der Waals surface area contributed by atoms with Crippen LogP contribution in [-0.2, 0) is 10.0 Å². The van der Waals surface area contributed by atoms with Crippen molar-refractivity contribution in [3.05, 3.63) is 71.8 Å². The fraction of sp³-hybridized carbons (Fsp3) is 0.240. The smallest absolute Gasteiger partial charge is 0.264 e. The van der Waals surface area contributed by atoms with Gasteiger partial charge >= 0.3 is 0 Å². The lowest BCUT2D eigenvalue weighted by molar-refractivity contribution is 0.102. The number of amides is 1. The van der Waals surface area contributed by atoms with Gasteiger partial charge in [-0.25, -0.2) is 8.42 Å². The summed E-state index contributed by atoms with van der Waals surface area (Å²) in [6, 6.07) is 16.5. The van der Waals surface area contributed by atoms with Crippen molar-refractivity contribution in [2.45, 2.75) is 18.2 Å². The molecule has 0 spiro atoms. The maximum Gasteiger partial charge on any atom is 0.264 e. The summed E-state index contributed by atoms with van der Waals surface area (Å²) < 4.78 is 44.4. The number of hydrogen-bond donors (Lipinski definition) is 1. The van der Waals surface area contributed by atoms with E-state index in [1.54, 1.807) is 55.5 Å². The van der Waals surface area contributed by atoms with Gasteiger partial charge in [-0.2, -0.15) is 0 Å². The summed E-state index contributed by atoms with van der Waals surface area (Å²) in [6.07, 6.45) is 0.778. The van der Waals surface area contributed by atoms with E-state index in [4.69, 9.17) is 14.2 Å². The molecule has 8 nitrogen and oxygen atoms in total. The minimum atomic E-state index is -3.95. The molecule has 0 fully saturated rings. The Balaban J connectivity index is 1.62. The summed E-state index contributed by atoms with van der Waals surface area (Å²) in [6.45, 7) is 2.86. The first-order chi connectivity index (χ1) is 16.3. The first-order valence-corrected chi connectivity index (χ1v) is 12.2. The number of carbonyl (C=O) groups excluding carboxylic acids is 1. The molecule has 9 heteroatoms. The van der Waals surface area contributed by atoms with Crippen molar-refractivity contribution >= 4 is 27.3 Å². The fourth-order valence-electron chi connectivity index (χ4n) is 3.62. The van der Waals surface area contributed by atoms with Gasteiger partial charge in [0.25, 0.3) is 15.9 Å². The van der Waals surface area contributed by atoms with Gasteiger partial charge < -0.3 is 19.5 Å². The van der Waals surface area contributed by atoms with Gasteiger partial charge in [-0.15, -0.1) is 0 Å². The van der Waals surface area contributed by atoms with Crippen LogP contribution in [0.3, 0.4) is 0 Å². The van der Waals surface area contributed by atoms with Gasteiger partial charge in [-0.05, 0) is 48.9 Å². The predicted octanol–water partition coefficient (Wildman–Crippen LogP) is 4.24. The summed E-state index contributed by atoms with van der Waals surface area (Å²) >= 11 is 0. The SMILES string of the molecule is COc1ccccc1N(C)S(=O)(=O)c1ccc(C)c(C(=O)Nc2ccc3c(c2)OCCCO3)c1. The normalized spacial score (nSPS) is 13.0. The van der Waals surface area contributed by atoms with Gasteiger partial charge in [0, 0.05) is 30.8 Å². The highest BCUT2D eigenvalue weighted by atomic mass is 32.2. The van der Waals surface area contributed by atoms with Crippen LogP contribution in [0, 0.1) is 6.92 Å². The second-order valence-electron chi connectivity index (χ2n) is 7.79. The number of fused-ring (bicyclic) bond motifs is 1. The molecule has 1 aliphatic rings. The van der Waals surface area contributed by atoms with Crippen LogP contribution in [-0.4, -0.2) is 41.7 Å². The monoisotopic (exact) mass is 482 g/mol. The van der Waals surface area contributed by atoms with Crippen molar-refractivity contribution < 1.29 is 27.4 Å².